The van der Waals surface area contributed by atoms with Crippen molar-refractivity contribution in [3.05, 3.63) is 65.1 Å². The second-order valence-corrected chi connectivity index (χ2v) is 14.0. The lowest BCUT2D eigenvalue weighted by atomic mass is 9.83. The summed E-state index contributed by atoms with van der Waals surface area (Å²) in [6.45, 7) is 2.87. The van der Waals surface area contributed by atoms with Crippen molar-refractivity contribution in [2.45, 2.75) is 36.7 Å². The highest BCUT2D eigenvalue weighted by molar-refractivity contribution is 7.98. The average molecular weight is 618 g/mol. The number of halogens is 1. The summed E-state index contributed by atoms with van der Waals surface area (Å²) in [7, 11) is -1.83. The summed E-state index contributed by atoms with van der Waals surface area (Å²) < 4.78 is 30.4. The number of amides is 1. The number of methoxy groups -OCH3 is 1. The molecule has 3 aromatic rings. The summed E-state index contributed by atoms with van der Waals surface area (Å²) in [6, 6.07) is 16.1. The molecular formula is C29H36ClN5O4S2. The van der Waals surface area contributed by atoms with Crippen LogP contribution in [0, 0.1) is 11.8 Å². The standard InChI is InChI=1S/C29H36ClN5O4S2/c1-39-29(36)31-23-8-6-21(7-9-23)26-27(30)33-28(32-26)25-16-22(20-12-14-35(15-13-20)41(3,37)38)18-34(25)17-19-4-10-24(40-2)11-5-19/h4-11,20,22,25H,12-18H2,1-3H3,(H,31,36)(H,32,33)/t22-,25-/m0/s1. The van der Waals surface area contributed by atoms with Gasteiger partial charge in [0.1, 0.15) is 16.7 Å². The monoisotopic (exact) mass is 617 g/mol. The van der Waals surface area contributed by atoms with Gasteiger partial charge in [-0.15, -0.1) is 11.8 Å². The van der Waals surface area contributed by atoms with Crippen LogP contribution in [-0.2, 0) is 21.3 Å². The molecule has 41 heavy (non-hydrogen) atoms. The Bertz CT molecular complexity index is 1460. The molecule has 2 N–H and O–H groups in total. The van der Waals surface area contributed by atoms with Crippen molar-refractivity contribution < 1.29 is 17.9 Å². The number of nitrogens with zero attached hydrogens (tertiary/aromatic N) is 3. The Hall–Kier alpha value is -2.57. The Balaban J connectivity index is 1.37. The molecule has 12 heteroatoms. The largest absolute Gasteiger partial charge is 0.453 e. The Morgan fingerprint density at radius 1 is 1.12 bits per heavy atom. The van der Waals surface area contributed by atoms with Crippen molar-refractivity contribution in [2.75, 3.05) is 44.6 Å². The van der Waals surface area contributed by atoms with Crippen molar-refractivity contribution in [3.63, 3.8) is 0 Å². The van der Waals surface area contributed by atoms with E-state index in [0.717, 1.165) is 43.7 Å². The molecule has 0 spiro atoms. The number of aromatic amines is 1. The minimum absolute atomic E-state index is 0.0553. The summed E-state index contributed by atoms with van der Waals surface area (Å²) in [5.74, 6) is 1.72. The van der Waals surface area contributed by atoms with Crippen LogP contribution in [0.4, 0.5) is 10.5 Å². The molecule has 2 atom stereocenters. The normalized spacial score (nSPS) is 20.8. The molecule has 2 aliphatic rings. The molecule has 1 aromatic heterocycles. The van der Waals surface area contributed by atoms with Crippen LogP contribution >= 0.6 is 23.4 Å². The number of hydrogen-bond acceptors (Lipinski definition) is 7. The Kier molecular flexibility index (Phi) is 9.30. The quantitative estimate of drug-likeness (QED) is 0.305. The van der Waals surface area contributed by atoms with Gasteiger partial charge in [-0.2, -0.15) is 0 Å². The lowest BCUT2D eigenvalue weighted by Crippen LogP contribution is -2.39. The molecule has 2 aliphatic heterocycles. The zero-order chi connectivity index (χ0) is 29.1. The van der Waals surface area contributed by atoms with Gasteiger partial charge in [-0.05, 0) is 67.2 Å². The lowest BCUT2D eigenvalue weighted by Gasteiger charge is -2.33. The number of benzene rings is 2. The number of nitrogens with one attached hydrogen (secondary N) is 2. The molecule has 2 aromatic carbocycles. The number of sulfonamides is 1. The predicted molar refractivity (Wildman–Crippen MR) is 164 cm³/mol. The zero-order valence-corrected chi connectivity index (χ0v) is 25.9. The first-order valence-corrected chi connectivity index (χ1v) is 17.1. The average Bonchev–Trinajstić information content (AvgIpc) is 3.56. The van der Waals surface area contributed by atoms with Crippen LogP contribution in [-0.4, -0.2) is 72.9 Å². The first-order valence-electron chi connectivity index (χ1n) is 13.7. The van der Waals surface area contributed by atoms with E-state index in [1.807, 2.05) is 12.1 Å². The number of carbonyl (C=O) groups is 1. The van der Waals surface area contributed by atoms with Gasteiger partial charge >= 0.3 is 6.09 Å². The van der Waals surface area contributed by atoms with E-state index in [0.29, 0.717) is 41.5 Å². The molecule has 0 aliphatic carbocycles. The second-order valence-electron chi connectivity index (χ2n) is 10.8. The van der Waals surface area contributed by atoms with E-state index in [9.17, 15) is 13.2 Å². The maximum absolute atomic E-state index is 12.1. The van der Waals surface area contributed by atoms with Gasteiger partial charge in [0.25, 0.3) is 0 Å². The molecule has 0 saturated carbocycles. The van der Waals surface area contributed by atoms with Crippen LogP contribution in [0.3, 0.4) is 0 Å². The zero-order valence-electron chi connectivity index (χ0n) is 23.5. The molecule has 0 bridgehead atoms. The number of carbonyl (C=O) groups excluding carboxylic acids is 1. The van der Waals surface area contributed by atoms with Crippen molar-refractivity contribution in [1.82, 2.24) is 19.2 Å². The van der Waals surface area contributed by atoms with Crippen LogP contribution in [0.2, 0.25) is 5.15 Å². The third-order valence-corrected chi connectivity index (χ3v) is 10.5. The number of anilines is 1. The number of piperidine rings is 1. The number of likely N-dealkylation sites (tertiary alicyclic amines) is 1. The van der Waals surface area contributed by atoms with E-state index in [4.69, 9.17) is 16.6 Å². The molecule has 0 unspecified atom stereocenters. The minimum Gasteiger partial charge on any atom is -0.453 e. The number of H-pyrrole nitrogens is 1. The lowest BCUT2D eigenvalue weighted by molar-refractivity contribution is 0.187. The van der Waals surface area contributed by atoms with Crippen molar-refractivity contribution >= 4 is 45.2 Å². The van der Waals surface area contributed by atoms with Crippen molar-refractivity contribution in [3.8, 4) is 11.3 Å². The highest BCUT2D eigenvalue weighted by Crippen LogP contribution is 2.43. The van der Waals surface area contributed by atoms with Gasteiger partial charge in [-0.3, -0.25) is 10.2 Å². The fourth-order valence-corrected chi connectivity index (χ4v) is 7.51. The van der Waals surface area contributed by atoms with Gasteiger partial charge in [-0.1, -0.05) is 35.9 Å². The highest BCUT2D eigenvalue weighted by Gasteiger charge is 2.40. The molecule has 5 rings (SSSR count). The predicted octanol–water partition coefficient (Wildman–Crippen LogP) is 5.87. The fraction of sp³-hybridized carbons (Fsp3) is 0.448. The Morgan fingerprint density at radius 3 is 2.41 bits per heavy atom. The molecule has 220 valence electrons. The third-order valence-electron chi connectivity index (χ3n) is 8.20. The van der Waals surface area contributed by atoms with Gasteiger partial charge in [0.2, 0.25) is 10.0 Å². The van der Waals surface area contributed by atoms with Crippen molar-refractivity contribution in [1.29, 1.82) is 0 Å². The van der Waals surface area contributed by atoms with Crippen LogP contribution in [0.25, 0.3) is 11.3 Å². The van der Waals surface area contributed by atoms with Gasteiger partial charge in [0.05, 0.1) is 19.4 Å². The first kappa shape index (κ1) is 29.9. The molecule has 0 radical (unpaired) electrons. The highest BCUT2D eigenvalue weighted by atomic mass is 35.5. The van der Waals surface area contributed by atoms with Gasteiger partial charge in [-0.25, -0.2) is 22.5 Å². The van der Waals surface area contributed by atoms with Crippen LogP contribution in [0.5, 0.6) is 0 Å². The Labute approximate surface area is 251 Å². The molecular weight excluding hydrogens is 582 g/mol. The number of thioether (sulfide) groups is 1. The third kappa shape index (κ3) is 7.09. The van der Waals surface area contributed by atoms with E-state index in [2.05, 4.69) is 50.5 Å². The maximum Gasteiger partial charge on any atom is 0.411 e. The Morgan fingerprint density at radius 2 is 1.80 bits per heavy atom. The summed E-state index contributed by atoms with van der Waals surface area (Å²) in [5.41, 5.74) is 3.37. The number of ether oxygens (including phenoxy) is 1. The van der Waals surface area contributed by atoms with Crippen LogP contribution < -0.4 is 5.32 Å². The minimum atomic E-state index is -3.16. The van der Waals surface area contributed by atoms with E-state index in [1.54, 1.807) is 28.2 Å². The topological polar surface area (TPSA) is 108 Å². The van der Waals surface area contributed by atoms with Gasteiger partial charge < -0.3 is 9.72 Å². The van der Waals surface area contributed by atoms with Crippen molar-refractivity contribution in [2.24, 2.45) is 11.8 Å². The molecule has 2 saturated heterocycles. The summed E-state index contributed by atoms with van der Waals surface area (Å²) in [6.07, 6.45) is 5.52. The fourth-order valence-electron chi connectivity index (χ4n) is 5.98. The number of hydrogen-bond donors (Lipinski definition) is 2. The summed E-state index contributed by atoms with van der Waals surface area (Å²) in [4.78, 5) is 23.6. The molecule has 2 fully saturated rings. The van der Waals surface area contributed by atoms with E-state index >= 15 is 0 Å². The maximum atomic E-state index is 12.1. The first-order chi connectivity index (χ1) is 19.6. The second kappa shape index (κ2) is 12.7. The smallest absolute Gasteiger partial charge is 0.411 e. The summed E-state index contributed by atoms with van der Waals surface area (Å²) in [5, 5.41) is 3.13. The SMILES string of the molecule is COC(=O)Nc1ccc(-c2nc([C@@H]3C[C@H](C4CCN(S(C)(=O)=O)CC4)CN3Cc3ccc(SC)cc3)[nH]c2Cl)cc1. The molecule has 9 nitrogen and oxygen atoms in total. The van der Waals surface area contributed by atoms with Gasteiger partial charge in [0, 0.05) is 42.3 Å². The van der Waals surface area contributed by atoms with E-state index < -0.39 is 16.1 Å². The molecule has 3 heterocycles. The van der Waals surface area contributed by atoms with E-state index in [-0.39, 0.29) is 6.04 Å². The van der Waals surface area contributed by atoms with E-state index in [1.165, 1.54) is 23.8 Å². The van der Waals surface area contributed by atoms with Crippen LogP contribution in [0.15, 0.2) is 53.4 Å². The number of rotatable bonds is 8. The van der Waals surface area contributed by atoms with Gasteiger partial charge in [0.15, 0.2) is 0 Å². The van der Waals surface area contributed by atoms with Crippen LogP contribution in [0.1, 0.15) is 36.7 Å². The summed E-state index contributed by atoms with van der Waals surface area (Å²) >= 11 is 8.43. The number of aromatic nitrogens is 2. The molecule has 1 amide bonds. The number of imidazole rings is 1.